The predicted molar refractivity (Wildman–Crippen MR) is 7.61 cm³/mol. The van der Waals surface area contributed by atoms with Crippen LogP contribution in [0.3, 0.4) is 0 Å². The minimum absolute atomic E-state index is 0. The van der Waals surface area contributed by atoms with Gasteiger partial charge < -0.3 is 9.79 Å². The molecule has 0 aliphatic rings. The Morgan fingerprint density at radius 3 is 1.40 bits per heavy atom. The van der Waals surface area contributed by atoms with Crippen molar-refractivity contribution in [1.82, 2.24) is 0 Å². The molecule has 0 amide bonds. The number of hydrogen-bond donors (Lipinski definition) is 0. The standard InChI is InChI=1S/Nb.HO3P/c;1-4(2)3/h;(H,1,2,3)/q+2;/p-1. The van der Waals surface area contributed by atoms with Gasteiger partial charge in [0.2, 0.25) is 0 Å². The molecule has 0 aliphatic heterocycles. The molecule has 0 aromatic heterocycles. The van der Waals surface area contributed by atoms with Gasteiger partial charge in [-0.05, 0) is 0 Å². The third-order valence-corrected chi connectivity index (χ3v) is 0. The number of rotatable bonds is 0. The Morgan fingerprint density at radius 1 is 1.40 bits per heavy atom. The Morgan fingerprint density at radius 2 is 1.40 bits per heavy atom. The van der Waals surface area contributed by atoms with Crippen LogP contribution in [0.1, 0.15) is 0 Å². The van der Waals surface area contributed by atoms with Crippen molar-refractivity contribution in [2.45, 2.75) is 0 Å². The molecular weight excluding hydrogens is 172 g/mol. The van der Waals surface area contributed by atoms with Crippen LogP contribution in [0.4, 0.5) is 0 Å². The van der Waals surface area contributed by atoms with E-state index in [0.717, 1.165) is 0 Å². The third-order valence-electron chi connectivity index (χ3n) is 0. The van der Waals surface area contributed by atoms with Gasteiger partial charge in [-0.3, -0.25) is 0 Å². The molecule has 0 bridgehead atoms. The quantitative estimate of drug-likeness (QED) is 0.325. The van der Waals surface area contributed by atoms with Gasteiger partial charge >= 0.3 is 22.4 Å². The summed E-state index contributed by atoms with van der Waals surface area (Å²) in [6, 6.07) is 0. The SMILES string of the molecule is O=[P+]([O-])[O-].[Nb+2]. The first-order valence-corrected chi connectivity index (χ1v) is 1.64. The molecule has 0 heterocycles. The average molecular weight is 172 g/mol. The first-order chi connectivity index (χ1) is 1.73. The molecule has 0 unspecified atom stereocenters. The molecule has 0 saturated carbocycles. The van der Waals surface area contributed by atoms with Crippen LogP contribution in [0.15, 0.2) is 0 Å². The van der Waals surface area contributed by atoms with E-state index in [0.29, 0.717) is 0 Å². The summed E-state index contributed by atoms with van der Waals surface area (Å²) >= 11 is 0. The molecule has 0 saturated heterocycles. The molecule has 0 aliphatic carbocycles. The van der Waals surface area contributed by atoms with E-state index in [1.54, 1.807) is 0 Å². The second kappa shape index (κ2) is 4.76. The molecule has 1 radical (unpaired) electrons. The van der Waals surface area contributed by atoms with Crippen molar-refractivity contribution in [3.05, 3.63) is 0 Å². The Hall–Kier alpha value is 0.760. The summed E-state index contributed by atoms with van der Waals surface area (Å²) in [4.78, 5) is 17.0. The molecule has 0 spiro atoms. The van der Waals surface area contributed by atoms with Crippen molar-refractivity contribution in [3.63, 3.8) is 0 Å². The molecule has 0 fully saturated rings. The van der Waals surface area contributed by atoms with Gasteiger partial charge in [-0.2, -0.15) is 0 Å². The van der Waals surface area contributed by atoms with E-state index < -0.39 is 8.25 Å². The summed E-state index contributed by atoms with van der Waals surface area (Å²) in [7, 11) is -3.37. The largest absolute Gasteiger partial charge is 2.00 e. The molecule has 0 N–H and O–H groups in total. The topological polar surface area (TPSA) is 63.2 Å². The van der Waals surface area contributed by atoms with Crippen molar-refractivity contribution >= 4 is 8.25 Å². The van der Waals surface area contributed by atoms with Gasteiger partial charge in [-0.15, -0.1) is 0 Å². The van der Waals surface area contributed by atoms with E-state index >= 15 is 0 Å². The predicted octanol–water partition coefficient (Wildman–Crippen LogP) is -1.64. The zero-order chi connectivity index (χ0) is 3.58. The molecule has 0 aromatic carbocycles. The maximum absolute atomic E-state index is 8.48. The van der Waals surface area contributed by atoms with E-state index in [-0.39, 0.29) is 22.4 Å². The summed E-state index contributed by atoms with van der Waals surface area (Å²) in [6.07, 6.45) is 0. The molecule has 27 valence electrons. The second-order valence-electron chi connectivity index (χ2n) is 0.224. The van der Waals surface area contributed by atoms with Crippen LogP contribution in [0.25, 0.3) is 0 Å². The number of hydrogen-bond acceptors (Lipinski definition) is 3. The first kappa shape index (κ1) is 9.23. The Bertz CT molecular complexity index is 29.9. The second-order valence-corrected chi connectivity index (χ2v) is 0.671. The molecular formula is NbO3P+. The van der Waals surface area contributed by atoms with Gasteiger partial charge in [0.15, 0.2) is 0 Å². The zero-order valence-electron chi connectivity index (χ0n) is 2.12. The van der Waals surface area contributed by atoms with Gasteiger partial charge in [0, 0.05) is 0 Å². The first-order valence-electron chi connectivity index (χ1n) is 0.548. The van der Waals surface area contributed by atoms with E-state index in [1.807, 2.05) is 0 Å². The fourth-order valence-corrected chi connectivity index (χ4v) is 0. The summed E-state index contributed by atoms with van der Waals surface area (Å²) in [5.41, 5.74) is 0. The van der Waals surface area contributed by atoms with Crippen molar-refractivity contribution in [2.24, 2.45) is 0 Å². The van der Waals surface area contributed by atoms with Crippen LogP contribution in [-0.2, 0) is 26.9 Å². The van der Waals surface area contributed by atoms with Crippen LogP contribution in [0, 0.1) is 0 Å². The minimum Gasteiger partial charge on any atom is -0.598 e. The smallest absolute Gasteiger partial charge is 0.598 e. The van der Waals surface area contributed by atoms with Gasteiger partial charge in [0.05, 0.1) is 0 Å². The normalized spacial score (nSPS) is 5.20. The van der Waals surface area contributed by atoms with E-state index in [2.05, 4.69) is 0 Å². The van der Waals surface area contributed by atoms with Gasteiger partial charge in [-0.1, -0.05) is 4.57 Å². The minimum atomic E-state index is -3.37. The van der Waals surface area contributed by atoms with Crippen LogP contribution < -0.4 is 9.79 Å². The van der Waals surface area contributed by atoms with E-state index in [1.165, 1.54) is 0 Å². The molecule has 5 heavy (non-hydrogen) atoms. The maximum Gasteiger partial charge on any atom is 2.00 e. The molecule has 0 rings (SSSR count). The van der Waals surface area contributed by atoms with Crippen molar-refractivity contribution in [3.8, 4) is 0 Å². The summed E-state index contributed by atoms with van der Waals surface area (Å²) in [5.74, 6) is 0. The Balaban J connectivity index is 0. The van der Waals surface area contributed by atoms with Crippen LogP contribution in [0.5, 0.6) is 0 Å². The fraction of sp³-hybridized carbons (Fsp3) is 0. The van der Waals surface area contributed by atoms with Gasteiger partial charge in [0.1, 0.15) is 0 Å². The third kappa shape index (κ3) is 62.7. The Kier molecular flexibility index (Phi) is 8.79. The summed E-state index contributed by atoms with van der Waals surface area (Å²) < 4.78 is 8.48. The average Bonchev–Trinajstić information content (AvgIpc) is 0.811. The van der Waals surface area contributed by atoms with Gasteiger partial charge in [0.25, 0.3) is 8.25 Å². The summed E-state index contributed by atoms with van der Waals surface area (Å²) in [6.45, 7) is 0. The monoisotopic (exact) mass is 172 g/mol. The van der Waals surface area contributed by atoms with Crippen LogP contribution in [-0.4, -0.2) is 0 Å². The van der Waals surface area contributed by atoms with E-state index in [4.69, 9.17) is 14.4 Å². The maximum atomic E-state index is 8.48. The molecule has 0 atom stereocenters. The van der Waals surface area contributed by atoms with Crippen molar-refractivity contribution in [2.75, 3.05) is 0 Å². The fourth-order valence-electron chi connectivity index (χ4n) is 0. The van der Waals surface area contributed by atoms with E-state index in [9.17, 15) is 0 Å². The van der Waals surface area contributed by atoms with Crippen molar-refractivity contribution < 1.29 is 36.7 Å². The Labute approximate surface area is 45.5 Å². The molecule has 5 heteroatoms. The molecule has 3 nitrogen and oxygen atoms in total. The van der Waals surface area contributed by atoms with Crippen LogP contribution >= 0.6 is 8.25 Å². The molecule has 0 aromatic rings. The van der Waals surface area contributed by atoms with Gasteiger partial charge in [-0.25, -0.2) is 0 Å². The summed E-state index contributed by atoms with van der Waals surface area (Å²) in [5, 5.41) is 0. The van der Waals surface area contributed by atoms with Crippen molar-refractivity contribution in [1.29, 1.82) is 0 Å². The zero-order valence-corrected chi connectivity index (χ0v) is 5.21. The van der Waals surface area contributed by atoms with Crippen LogP contribution in [0.2, 0.25) is 0 Å².